The van der Waals surface area contributed by atoms with E-state index in [1.165, 1.54) is 5.56 Å². The fraction of sp³-hybridized carbons (Fsp3) is 0.750. The first kappa shape index (κ1) is 22.2. The van der Waals surface area contributed by atoms with Crippen LogP contribution in [0, 0.1) is 5.92 Å². The number of halogens is 2. The van der Waals surface area contributed by atoms with E-state index in [0.717, 1.165) is 76.5 Å². The van der Waals surface area contributed by atoms with E-state index in [1.807, 2.05) is 0 Å². The molecule has 0 saturated carbocycles. The number of nitrogens with zero attached hydrogens (tertiary/aromatic N) is 3. The van der Waals surface area contributed by atoms with Crippen LogP contribution in [0.4, 0.5) is 11.8 Å². The van der Waals surface area contributed by atoms with Crippen LogP contribution in [0.2, 0.25) is 0 Å². The highest BCUT2D eigenvalue weighted by Crippen LogP contribution is 2.20. The molecule has 9 heteroatoms. The van der Waals surface area contributed by atoms with Crippen molar-refractivity contribution < 1.29 is 5.11 Å². The van der Waals surface area contributed by atoms with Gasteiger partial charge in [0.25, 0.3) is 0 Å². The number of rotatable bonds is 5. The number of nitrogens with one attached hydrogen (secondary N) is 2. The highest BCUT2D eigenvalue weighted by Gasteiger charge is 2.19. The molecule has 144 valence electrons. The summed E-state index contributed by atoms with van der Waals surface area (Å²) in [5.41, 5.74) is 8.15. The van der Waals surface area contributed by atoms with Gasteiger partial charge in [-0.15, -0.1) is 24.8 Å². The van der Waals surface area contributed by atoms with Crippen molar-refractivity contribution >= 4 is 36.6 Å². The first-order valence-electron chi connectivity index (χ1n) is 8.69. The van der Waals surface area contributed by atoms with Gasteiger partial charge in [-0.1, -0.05) is 0 Å². The van der Waals surface area contributed by atoms with Crippen molar-refractivity contribution in [1.82, 2.24) is 20.2 Å². The molecular formula is C16H30Cl2N6O. The van der Waals surface area contributed by atoms with Gasteiger partial charge in [-0.05, 0) is 44.8 Å². The molecule has 1 aromatic heterocycles. The minimum atomic E-state index is 0. The zero-order chi connectivity index (χ0) is 16.1. The number of nitrogen functional groups attached to an aromatic ring is 1. The average Bonchev–Trinajstić information content (AvgIpc) is 2.81. The fourth-order valence-corrected chi connectivity index (χ4v) is 3.44. The number of fused-ring (bicyclic) bond motifs is 1. The summed E-state index contributed by atoms with van der Waals surface area (Å²) in [5.74, 6) is 1.75. The molecule has 0 atom stereocenters. The largest absolute Gasteiger partial charge is 0.396 e. The van der Waals surface area contributed by atoms with E-state index in [1.54, 1.807) is 0 Å². The highest BCUT2D eigenvalue weighted by molar-refractivity contribution is 5.85. The maximum absolute atomic E-state index is 9.20. The van der Waals surface area contributed by atoms with Crippen LogP contribution >= 0.6 is 24.8 Å². The zero-order valence-electron chi connectivity index (χ0n) is 14.5. The number of aromatic nitrogens is 2. The molecule has 2 aliphatic heterocycles. The minimum Gasteiger partial charge on any atom is -0.396 e. The smallest absolute Gasteiger partial charge is 0.222 e. The summed E-state index contributed by atoms with van der Waals surface area (Å²) < 4.78 is 0. The maximum atomic E-state index is 9.20. The predicted octanol–water partition coefficient (Wildman–Crippen LogP) is 0.707. The summed E-state index contributed by atoms with van der Waals surface area (Å²) in [5, 5.41) is 16.1. The van der Waals surface area contributed by atoms with Crippen LogP contribution in [0.3, 0.4) is 0 Å². The van der Waals surface area contributed by atoms with Crippen molar-refractivity contribution in [2.24, 2.45) is 5.92 Å². The SMILES string of the molecule is Cl.Cl.Nc1nc2c(c(NCCN3CCC(CO)CC3)n1)CCNCC2. The molecule has 5 N–H and O–H groups in total. The molecule has 0 radical (unpaired) electrons. The Morgan fingerprint density at radius 1 is 1.16 bits per heavy atom. The molecule has 0 amide bonds. The van der Waals surface area contributed by atoms with Crippen LogP contribution in [0.25, 0.3) is 0 Å². The lowest BCUT2D eigenvalue weighted by Gasteiger charge is -2.31. The van der Waals surface area contributed by atoms with Gasteiger partial charge in [0.05, 0.1) is 5.69 Å². The highest BCUT2D eigenvalue weighted by atomic mass is 35.5. The summed E-state index contributed by atoms with van der Waals surface area (Å²) in [6.07, 6.45) is 4.04. The second-order valence-electron chi connectivity index (χ2n) is 6.50. The lowest BCUT2D eigenvalue weighted by molar-refractivity contribution is 0.134. The molecule has 0 aromatic carbocycles. The monoisotopic (exact) mass is 392 g/mol. The molecule has 25 heavy (non-hydrogen) atoms. The summed E-state index contributed by atoms with van der Waals surface area (Å²) in [7, 11) is 0. The van der Waals surface area contributed by atoms with Gasteiger partial charge in [-0.25, -0.2) is 4.98 Å². The Kier molecular flexibility index (Phi) is 9.74. The Morgan fingerprint density at radius 2 is 1.88 bits per heavy atom. The van der Waals surface area contributed by atoms with Crippen molar-refractivity contribution in [1.29, 1.82) is 0 Å². The molecule has 1 saturated heterocycles. The second kappa shape index (κ2) is 11.0. The van der Waals surface area contributed by atoms with Gasteiger partial charge >= 0.3 is 0 Å². The van der Waals surface area contributed by atoms with E-state index in [-0.39, 0.29) is 24.8 Å². The summed E-state index contributed by atoms with van der Waals surface area (Å²) >= 11 is 0. The van der Waals surface area contributed by atoms with Gasteiger partial charge < -0.3 is 26.4 Å². The lowest BCUT2D eigenvalue weighted by atomic mass is 9.98. The third-order valence-corrected chi connectivity index (χ3v) is 4.89. The summed E-state index contributed by atoms with van der Waals surface area (Å²) in [6.45, 7) is 6.23. The molecule has 2 aliphatic rings. The fourth-order valence-electron chi connectivity index (χ4n) is 3.44. The molecule has 1 aromatic rings. The third kappa shape index (κ3) is 6.11. The van der Waals surface area contributed by atoms with Crippen LogP contribution < -0.4 is 16.4 Å². The number of anilines is 2. The Hall–Kier alpha value is -0.860. The van der Waals surface area contributed by atoms with Crippen molar-refractivity contribution in [2.75, 3.05) is 56.9 Å². The quantitative estimate of drug-likeness (QED) is 0.585. The van der Waals surface area contributed by atoms with Crippen LogP contribution in [0.15, 0.2) is 0 Å². The second-order valence-corrected chi connectivity index (χ2v) is 6.50. The normalized spacial score (nSPS) is 18.4. The van der Waals surface area contributed by atoms with Crippen molar-refractivity contribution in [3.05, 3.63) is 11.3 Å². The Balaban J connectivity index is 0.00000156. The minimum absolute atomic E-state index is 0. The van der Waals surface area contributed by atoms with Crippen molar-refractivity contribution in [3.8, 4) is 0 Å². The van der Waals surface area contributed by atoms with Gasteiger partial charge in [-0.3, -0.25) is 0 Å². The van der Waals surface area contributed by atoms with Gasteiger partial charge in [0.1, 0.15) is 5.82 Å². The van der Waals surface area contributed by atoms with Gasteiger partial charge in [0.15, 0.2) is 0 Å². The van der Waals surface area contributed by atoms with Crippen molar-refractivity contribution in [3.63, 3.8) is 0 Å². The van der Waals surface area contributed by atoms with E-state index in [0.29, 0.717) is 18.5 Å². The Bertz CT molecular complexity index is 526. The van der Waals surface area contributed by atoms with Gasteiger partial charge in [0.2, 0.25) is 5.95 Å². The lowest BCUT2D eigenvalue weighted by Crippen LogP contribution is -2.37. The van der Waals surface area contributed by atoms with E-state index >= 15 is 0 Å². The first-order valence-corrected chi connectivity index (χ1v) is 8.69. The van der Waals surface area contributed by atoms with E-state index < -0.39 is 0 Å². The van der Waals surface area contributed by atoms with Crippen LogP contribution in [0.1, 0.15) is 24.1 Å². The topological polar surface area (TPSA) is 99.3 Å². The van der Waals surface area contributed by atoms with E-state index in [2.05, 4.69) is 25.5 Å². The van der Waals surface area contributed by atoms with Gasteiger partial charge in [-0.2, -0.15) is 4.98 Å². The molecule has 0 bridgehead atoms. The first-order chi connectivity index (χ1) is 11.3. The summed E-state index contributed by atoms with van der Waals surface area (Å²) in [4.78, 5) is 11.3. The molecule has 3 rings (SSSR count). The Morgan fingerprint density at radius 3 is 2.60 bits per heavy atom. The van der Waals surface area contributed by atoms with Gasteiger partial charge in [0, 0.05) is 38.2 Å². The number of piperidine rings is 1. The number of hydrogen-bond donors (Lipinski definition) is 4. The molecule has 0 aliphatic carbocycles. The number of aliphatic hydroxyl groups excluding tert-OH is 1. The molecule has 0 unspecified atom stereocenters. The predicted molar refractivity (Wildman–Crippen MR) is 106 cm³/mol. The molecule has 1 fully saturated rings. The number of hydrogen-bond acceptors (Lipinski definition) is 7. The molecular weight excluding hydrogens is 363 g/mol. The standard InChI is InChI=1S/C16H28N6O.2ClH/c17-16-20-14-2-6-18-5-1-13(14)15(21-16)19-7-10-22-8-3-12(11-23)4-9-22;;/h12,18,23H,1-11H2,(H3,17,19,20,21);2*1H. The number of likely N-dealkylation sites (tertiary alicyclic amines) is 1. The average molecular weight is 393 g/mol. The summed E-state index contributed by atoms with van der Waals surface area (Å²) in [6, 6.07) is 0. The third-order valence-electron chi connectivity index (χ3n) is 4.89. The number of nitrogens with two attached hydrogens (primary N) is 1. The van der Waals surface area contributed by atoms with Crippen LogP contribution in [-0.4, -0.2) is 65.8 Å². The molecule has 7 nitrogen and oxygen atoms in total. The van der Waals surface area contributed by atoms with Crippen LogP contribution in [-0.2, 0) is 12.8 Å². The van der Waals surface area contributed by atoms with Crippen molar-refractivity contribution in [2.45, 2.75) is 25.7 Å². The molecule has 3 heterocycles. The Labute approximate surface area is 162 Å². The van der Waals surface area contributed by atoms with E-state index in [4.69, 9.17) is 5.73 Å². The van der Waals surface area contributed by atoms with E-state index in [9.17, 15) is 5.11 Å². The number of aliphatic hydroxyl groups is 1. The molecule has 0 spiro atoms. The van der Waals surface area contributed by atoms with Crippen LogP contribution in [0.5, 0.6) is 0 Å². The maximum Gasteiger partial charge on any atom is 0.222 e. The zero-order valence-corrected chi connectivity index (χ0v) is 16.2.